The van der Waals surface area contributed by atoms with Gasteiger partial charge in [-0.25, -0.2) is 13.1 Å². The Balaban J connectivity index is 1.74. The van der Waals surface area contributed by atoms with E-state index in [1.807, 2.05) is 18.2 Å². The van der Waals surface area contributed by atoms with Crippen LogP contribution in [0.2, 0.25) is 5.02 Å². The van der Waals surface area contributed by atoms with E-state index in [9.17, 15) is 13.2 Å². The lowest BCUT2D eigenvalue weighted by molar-refractivity contribution is -0.136. The normalized spacial score (nSPS) is 16.9. The highest BCUT2D eigenvalue weighted by Gasteiger charge is 2.23. The van der Waals surface area contributed by atoms with Gasteiger partial charge >= 0.3 is 5.97 Å². The van der Waals surface area contributed by atoms with Gasteiger partial charge in [0.2, 0.25) is 10.0 Å². The first-order valence-corrected chi connectivity index (χ1v) is 10.3. The van der Waals surface area contributed by atoms with Crippen LogP contribution in [-0.4, -0.2) is 26.0 Å². The fourth-order valence-electron chi connectivity index (χ4n) is 3.37. The number of hydrogen-bond acceptors (Lipinski definition) is 3. The van der Waals surface area contributed by atoms with Gasteiger partial charge in [-0.05, 0) is 66.1 Å². The predicted molar refractivity (Wildman–Crippen MR) is 100 cm³/mol. The largest absolute Gasteiger partial charge is 0.481 e. The third-order valence-electron chi connectivity index (χ3n) is 4.64. The van der Waals surface area contributed by atoms with Crippen molar-refractivity contribution in [2.75, 3.05) is 6.54 Å². The second-order valence-electron chi connectivity index (χ2n) is 6.50. The molecule has 7 heteroatoms. The maximum Gasteiger partial charge on any atom is 0.307 e. The molecule has 1 unspecified atom stereocenters. The Kier molecular flexibility index (Phi) is 5.65. The molecule has 1 aliphatic carbocycles. The molecule has 2 N–H and O–H groups in total. The van der Waals surface area contributed by atoms with E-state index in [4.69, 9.17) is 16.7 Å². The molecule has 26 heavy (non-hydrogen) atoms. The number of aliphatic carboxylic acids is 1. The SMILES string of the molecule is O=C(O)Cc1ccc2c(c1)CCCC2CNS(=O)(=O)c1ccc(Cl)cc1. The summed E-state index contributed by atoms with van der Waals surface area (Å²) in [7, 11) is -3.59. The first kappa shape index (κ1) is 18.9. The molecule has 0 bridgehead atoms. The molecule has 0 spiro atoms. The topological polar surface area (TPSA) is 83.5 Å². The van der Waals surface area contributed by atoms with Crippen LogP contribution in [0.4, 0.5) is 0 Å². The Morgan fingerprint density at radius 2 is 1.92 bits per heavy atom. The molecular formula is C19H20ClNO4S. The zero-order valence-electron chi connectivity index (χ0n) is 14.1. The van der Waals surface area contributed by atoms with Crippen molar-refractivity contribution in [3.8, 4) is 0 Å². The van der Waals surface area contributed by atoms with E-state index in [1.165, 1.54) is 12.1 Å². The number of benzene rings is 2. The van der Waals surface area contributed by atoms with Crippen molar-refractivity contribution in [3.05, 3.63) is 64.2 Å². The second-order valence-corrected chi connectivity index (χ2v) is 8.70. The van der Waals surface area contributed by atoms with Crippen molar-refractivity contribution in [3.63, 3.8) is 0 Å². The van der Waals surface area contributed by atoms with Crippen LogP contribution in [0.25, 0.3) is 0 Å². The van der Waals surface area contributed by atoms with Gasteiger partial charge in [-0.3, -0.25) is 4.79 Å². The smallest absolute Gasteiger partial charge is 0.307 e. The molecule has 0 fully saturated rings. The van der Waals surface area contributed by atoms with E-state index < -0.39 is 16.0 Å². The summed E-state index contributed by atoms with van der Waals surface area (Å²) in [6, 6.07) is 11.8. The quantitative estimate of drug-likeness (QED) is 0.788. The van der Waals surface area contributed by atoms with Crippen molar-refractivity contribution in [1.82, 2.24) is 4.72 Å². The van der Waals surface area contributed by atoms with E-state index in [1.54, 1.807) is 12.1 Å². The fourth-order valence-corrected chi connectivity index (χ4v) is 4.58. The second kappa shape index (κ2) is 7.78. The molecular weight excluding hydrogens is 374 g/mol. The average molecular weight is 394 g/mol. The molecule has 0 amide bonds. The van der Waals surface area contributed by atoms with E-state index >= 15 is 0 Å². The Labute approximate surface area is 158 Å². The highest BCUT2D eigenvalue weighted by atomic mass is 35.5. The molecule has 0 saturated heterocycles. The van der Waals surface area contributed by atoms with Gasteiger partial charge in [0.05, 0.1) is 11.3 Å². The van der Waals surface area contributed by atoms with E-state index in [-0.39, 0.29) is 17.2 Å². The summed E-state index contributed by atoms with van der Waals surface area (Å²) in [5.41, 5.74) is 2.99. The summed E-state index contributed by atoms with van der Waals surface area (Å²) in [6.45, 7) is 0.316. The molecule has 0 heterocycles. The number of fused-ring (bicyclic) bond motifs is 1. The molecule has 3 rings (SSSR count). The van der Waals surface area contributed by atoms with Crippen LogP contribution < -0.4 is 4.72 Å². The molecule has 5 nitrogen and oxygen atoms in total. The third-order valence-corrected chi connectivity index (χ3v) is 6.34. The van der Waals surface area contributed by atoms with Crippen LogP contribution >= 0.6 is 11.6 Å². The Bertz CT molecular complexity index is 910. The minimum absolute atomic E-state index is 0.00113. The zero-order valence-corrected chi connectivity index (χ0v) is 15.7. The minimum Gasteiger partial charge on any atom is -0.481 e. The Morgan fingerprint density at radius 1 is 1.19 bits per heavy atom. The molecule has 0 aliphatic heterocycles. The number of carboxylic acids is 1. The maximum absolute atomic E-state index is 12.5. The summed E-state index contributed by atoms with van der Waals surface area (Å²) in [6.07, 6.45) is 2.75. The molecule has 0 saturated carbocycles. The first-order valence-electron chi connectivity index (χ1n) is 8.44. The molecule has 0 aromatic heterocycles. The molecule has 1 aliphatic rings. The van der Waals surface area contributed by atoms with Crippen molar-refractivity contribution < 1.29 is 18.3 Å². The highest BCUT2D eigenvalue weighted by molar-refractivity contribution is 7.89. The molecule has 1 atom stereocenters. The van der Waals surface area contributed by atoms with Gasteiger partial charge in [0.15, 0.2) is 0 Å². The lowest BCUT2D eigenvalue weighted by atomic mass is 9.82. The van der Waals surface area contributed by atoms with Crippen LogP contribution in [0.1, 0.15) is 35.4 Å². The van der Waals surface area contributed by atoms with Crippen molar-refractivity contribution in [1.29, 1.82) is 0 Å². The van der Waals surface area contributed by atoms with Gasteiger partial charge in [-0.1, -0.05) is 29.8 Å². The van der Waals surface area contributed by atoms with Gasteiger partial charge in [-0.2, -0.15) is 0 Å². The summed E-state index contributed by atoms with van der Waals surface area (Å²) >= 11 is 5.81. The van der Waals surface area contributed by atoms with Gasteiger partial charge in [0.25, 0.3) is 0 Å². The number of halogens is 1. The molecule has 2 aromatic carbocycles. The number of sulfonamides is 1. The summed E-state index contributed by atoms with van der Waals surface area (Å²) in [5.74, 6) is -0.771. The van der Waals surface area contributed by atoms with Crippen LogP contribution in [0.3, 0.4) is 0 Å². The standard InChI is InChI=1S/C19H20ClNO4S/c20-16-5-7-17(8-6-16)26(24,25)21-12-15-3-1-2-14-10-13(11-19(22)23)4-9-18(14)15/h4-10,15,21H,1-3,11-12H2,(H,22,23). The molecule has 0 radical (unpaired) electrons. The Morgan fingerprint density at radius 3 is 2.62 bits per heavy atom. The number of aryl methyl sites for hydroxylation is 1. The number of rotatable bonds is 6. The lowest BCUT2D eigenvalue weighted by Gasteiger charge is -2.26. The maximum atomic E-state index is 12.5. The minimum atomic E-state index is -3.59. The van der Waals surface area contributed by atoms with Crippen LogP contribution in [0.15, 0.2) is 47.4 Å². The summed E-state index contributed by atoms with van der Waals surface area (Å²) in [5, 5.41) is 9.43. The average Bonchev–Trinajstić information content (AvgIpc) is 2.59. The van der Waals surface area contributed by atoms with Crippen LogP contribution in [0, 0.1) is 0 Å². The lowest BCUT2D eigenvalue weighted by Crippen LogP contribution is -2.30. The molecule has 138 valence electrons. The number of hydrogen-bond donors (Lipinski definition) is 2. The number of nitrogens with one attached hydrogen (secondary N) is 1. The first-order chi connectivity index (χ1) is 12.3. The highest BCUT2D eigenvalue weighted by Crippen LogP contribution is 2.32. The van der Waals surface area contributed by atoms with E-state index in [0.29, 0.717) is 11.6 Å². The van der Waals surface area contributed by atoms with E-state index in [2.05, 4.69) is 4.72 Å². The van der Waals surface area contributed by atoms with Crippen molar-refractivity contribution in [2.45, 2.75) is 36.5 Å². The van der Waals surface area contributed by atoms with Gasteiger partial charge in [0.1, 0.15) is 0 Å². The van der Waals surface area contributed by atoms with Gasteiger partial charge in [0, 0.05) is 11.6 Å². The van der Waals surface area contributed by atoms with Crippen molar-refractivity contribution >= 4 is 27.6 Å². The summed E-state index contributed by atoms with van der Waals surface area (Å²) in [4.78, 5) is 11.1. The van der Waals surface area contributed by atoms with Crippen molar-refractivity contribution in [2.24, 2.45) is 0 Å². The summed E-state index contributed by atoms with van der Waals surface area (Å²) < 4.78 is 27.6. The third kappa shape index (κ3) is 4.44. The fraction of sp³-hybridized carbons (Fsp3) is 0.316. The van der Waals surface area contributed by atoms with Gasteiger partial charge < -0.3 is 5.11 Å². The number of carboxylic acid groups (broad SMARTS) is 1. The van der Waals surface area contributed by atoms with Crippen LogP contribution in [0.5, 0.6) is 0 Å². The monoisotopic (exact) mass is 393 g/mol. The van der Waals surface area contributed by atoms with Crippen LogP contribution in [-0.2, 0) is 27.7 Å². The van der Waals surface area contributed by atoms with E-state index in [0.717, 1.165) is 36.0 Å². The molecule has 2 aromatic rings. The predicted octanol–water partition coefficient (Wildman–Crippen LogP) is 3.37. The zero-order chi connectivity index (χ0) is 18.7. The number of carbonyl (C=O) groups is 1. The van der Waals surface area contributed by atoms with Gasteiger partial charge in [-0.15, -0.1) is 0 Å². The Hall–Kier alpha value is -1.89.